The number of hydrogen-bond donors (Lipinski definition) is 6. The molecule has 0 aromatic heterocycles. The second kappa shape index (κ2) is 7.52. The van der Waals surface area contributed by atoms with Gasteiger partial charge < -0.3 is 40.1 Å². The highest BCUT2D eigenvalue weighted by atomic mass is 16.6. The van der Waals surface area contributed by atoms with Crippen LogP contribution in [0.5, 0.6) is 40.2 Å². The summed E-state index contributed by atoms with van der Waals surface area (Å²) in [6.45, 7) is 0. The zero-order chi connectivity index (χ0) is 22.3. The van der Waals surface area contributed by atoms with Crippen LogP contribution >= 0.6 is 0 Å². The molecule has 160 valence electrons. The lowest BCUT2D eigenvalue weighted by Gasteiger charge is -2.34. The molecule has 0 amide bonds. The Bertz CT molecular complexity index is 1150. The summed E-state index contributed by atoms with van der Waals surface area (Å²) in [5.74, 6) is -3.50. The Balaban J connectivity index is 1.70. The molecule has 0 fully saturated rings. The van der Waals surface area contributed by atoms with Gasteiger partial charge in [0.05, 0.1) is 5.56 Å². The van der Waals surface area contributed by atoms with Crippen LogP contribution in [0.3, 0.4) is 0 Å². The first-order chi connectivity index (χ1) is 14.7. The van der Waals surface area contributed by atoms with Crippen LogP contribution in [0.1, 0.15) is 27.6 Å². The molecule has 3 aromatic carbocycles. The van der Waals surface area contributed by atoms with Gasteiger partial charge in [-0.05, 0) is 36.4 Å². The number of benzene rings is 3. The number of phenols is 6. The molecule has 1 heterocycles. The standard InChI is InChI=1S/C22H18O9/c23-13-2-1-3-18-12(13)9-19(21(30-18)10-4-5-14(24)15(25)6-10)31-22(29)11-7-16(26)20(28)17(27)8-11/h1-8,19,21,23-28H,9H2/t19-,21-/m1/s1. The second-order valence-corrected chi connectivity index (χ2v) is 7.05. The summed E-state index contributed by atoms with van der Waals surface area (Å²) in [4.78, 5) is 12.7. The van der Waals surface area contributed by atoms with Gasteiger partial charge >= 0.3 is 5.97 Å². The Hall–Kier alpha value is -4.27. The molecule has 3 aromatic rings. The largest absolute Gasteiger partial charge is 0.508 e. The minimum absolute atomic E-state index is 0.0505. The highest BCUT2D eigenvalue weighted by Crippen LogP contribution is 2.42. The summed E-state index contributed by atoms with van der Waals surface area (Å²) in [6, 6.07) is 10.6. The fourth-order valence-electron chi connectivity index (χ4n) is 3.42. The van der Waals surface area contributed by atoms with E-state index >= 15 is 0 Å². The average Bonchev–Trinajstić information content (AvgIpc) is 2.74. The van der Waals surface area contributed by atoms with Crippen molar-refractivity contribution in [2.45, 2.75) is 18.6 Å². The molecule has 0 unspecified atom stereocenters. The van der Waals surface area contributed by atoms with E-state index in [0.717, 1.165) is 12.1 Å². The maximum Gasteiger partial charge on any atom is 0.338 e. The van der Waals surface area contributed by atoms with Gasteiger partial charge in [-0.3, -0.25) is 0 Å². The minimum atomic E-state index is -0.977. The number of fused-ring (bicyclic) bond motifs is 1. The fraction of sp³-hybridized carbons (Fsp3) is 0.136. The van der Waals surface area contributed by atoms with Crippen molar-refractivity contribution in [3.8, 4) is 40.2 Å². The summed E-state index contributed by atoms with van der Waals surface area (Å²) in [5.41, 5.74) is 0.595. The third kappa shape index (κ3) is 3.68. The highest BCUT2D eigenvalue weighted by Gasteiger charge is 2.36. The Kier molecular flexibility index (Phi) is 4.86. The van der Waals surface area contributed by atoms with Crippen molar-refractivity contribution < 1.29 is 44.9 Å². The van der Waals surface area contributed by atoms with Gasteiger partial charge in [0, 0.05) is 17.5 Å². The first-order valence-corrected chi connectivity index (χ1v) is 9.20. The van der Waals surface area contributed by atoms with Crippen molar-refractivity contribution in [1.82, 2.24) is 0 Å². The van der Waals surface area contributed by atoms with Crippen LogP contribution in [-0.2, 0) is 11.2 Å². The van der Waals surface area contributed by atoms with E-state index in [1.807, 2.05) is 0 Å². The molecule has 0 aliphatic carbocycles. The van der Waals surface area contributed by atoms with Crippen LogP contribution in [0.15, 0.2) is 48.5 Å². The van der Waals surface area contributed by atoms with E-state index in [9.17, 15) is 35.4 Å². The van der Waals surface area contributed by atoms with Crippen LogP contribution in [0.4, 0.5) is 0 Å². The van der Waals surface area contributed by atoms with Gasteiger partial charge in [-0.15, -0.1) is 0 Å². The lowest BCUT2D eigenvalue weighted by Crippen LogP contribution is -2.34. The number of aromatic hydroxyl groups is 6. The number of ether oxygens (including phenoxy) is 2. The maximum atomic E-state index is 12.7. The van der Waals surface area contributed by atoms with Gasteiger partial charge in [0.15, 0.2) is 34.9 Å². The van der Waals surface area contributed by atoms with E-state index in [4.69, 9.17) is 9.47 Å². The first kappa shape index (κ1) is 20.0. The zero-order valence-corrected chi connectivity index (χ0v) is 15.9. The van der Waals surface area contributed by atoms with Crippen molar-refractivity contribution in [2.75, 3.05) is 0 Å². The normalized spacial score (nSPS) is 17.4. The molecule has 6 N–H and O–H groups in total. The molecule has 0 spiro atoms. The van der Waals surface area contributed by atoms with Crippen molar-refractivity contribution in [1.29, 1.82) is 0 Å². The predicted octanol–water partition coefficient (Wildman–Crippen LogP) is 2.82. The highest BCUT2D eigenvalue weighted by molar-refractivity contribution is 5.91. The molecule has 0 bridgehead atoms. The number of carbonyl (C=O) groups is 1. The molecule has 2 atom stereocenters. The molecule has 9 nitrogen and oxygen atoms in total. The van der Waals surface area contributed by atoms with E-state index < -0.39 is 35.4 Å². The molecule has 0 saturated heterocycles. The van der Waals surface area contributed by atoms with Crippen LogP contribution in [0.25, 0.3) is 0 Å². The van der Waals surface area contributed by atoms with E-state index in [1.54, 1.807) is 12.1 Å². The van der Waals surface area contributed by atoms with Crippen molar-refractivity contribution in [3.05, 3.63) is 65.2 Å². The summed E-state index contributed by atoms with van der Waals surface area (Å²) in [6.07, 6.45) is -1.81. The quantitative estimate of drug-likeness (QED) is 0.274. The number of rotatable bonds is 3. The van der Waals surface area contributed by atoms with Gasteiger partial charge in [-0.2, -0.15) is 0 Å². The molecule has 1 aliphatic rings. The topological polar surface area (TPSA) is 157 Å². The average molecular weight is 426 g/mol. The molecule has 31 heavy (non-hydrogen) atoms. The number of carbonyl (C=O) groups excluding carboxylic acids is 1. The first-order valence-electron chi connectivity index (χ1n) is 9.20. The van der Waals surface area contributed by atoms with Crippen LogP contribution < -0.4 is 4.74 Å². The Morgan fingerprint density at radius 1 is 0.839 bits per heavy atom. The Morgan fingerprint density at radius 3 is 2.23 bits per heavy atom. The molecular formula is C22H18O9. The predicted molar refractivity (Wildman–Crippen MR) is 106 cm³/mol. The number of phenolic OH excluding ortho intramolecular Hbond substituents is 6. The van der Waals surface area contributed by atoms with E-state index in [2.05, 4.69) is 0 Å². The summed E-state index contributed by atoms with van der Waals surface area (Å²) in [7, 11) is 0. The maximum absolute atomic E-state index is 12.7. The van der Waals surface area contributed by atoms with Gasteiger partial charge in [0.2, 0.25) is 0 Å². The number of hydrogen-bond acceptors (Lipinski definition) is 9. The third-order valence-electron chi connectivity index (χ3n) is 5.00. The van der Waals surface area contributed by atoms with E-state index in [1.165, 1.54) is 24.3 Å². The smallest absolute Gasteiger partial charge is 0.338 e. The minimum Gasteiger partial charge on any atom is -0.508 e. The molecule has 4 rings (SSSR count). The molecule has 0 radical (unpaired) electrons. The van der Waals surface area contributed by atoms with Gasteiger partial charge in [-0.25, -0.2) is 4.79 Å². The zero-order valence-electron chi connectivity index (χ0n) is 15.9. The van der Waals surface area contributed by atoms with Crippen LogP contribution in [-0.4, -0.2) is 42.7 Å². The van der Waals surface area contributed by atoms with Gasteiger partial charge in [0.25, 0.3) is 0 Å². The van der Waals surface area contributed by atoms with E-state index in [0.29, 0.717) is 16.9 Å². The molecule has 9 heteroatoms. The van der Waals surface area contributed by atoms with Crippen molar-refractivity contribution in [3.63, 3.8) is 0 Å². The monoisotopic (exact) mass is 426 g/mol. The second-order valence-electron chi connectivity index (χ2n) is 7.05. The SMILES string of the molecule is O=C(O[C@@H]1Cc2c(O)cccc2O[C@@H]1c1ccc(O)c(O)c1)c1cc(O)c(O)c(O)c1. The summed E-state index contributed by atoms with van der Waals surface area (Å²) >= 11 is 0. The molecule has 1 aliphatic heterocycles. The van der Waals surface area contributed by atoms with Crippen LogP contribution in [0.2, 0.25) is 0 Å². The van der Waals surface area contributed by atoms with Gasteiger partial charge in [0.1, 0.15) is 17.6 Å². The lowest BCUT2D eigenvalue weighted by molar-refractivity contribution is -0.0188. The van der Waals surface area contributed by atoms with Crippen molar-refractivity contribution in [2.24, 2.45) is 0 Å². The van der Waals surface area contributed by atoms with E-state index in [-0.39, 0.29) is 29.2 Å². The lowest BCUT2D eigenvalue weighted by atomic mass is 9.93. The van der Waals surface area contributed by atoms with Crippen LogP contribution in [0, 0.1) is 0 Å². The third-order valence-corrected chi connectivity index (χ3v) is 5.00. The molecular weight excluding hydrogens is 408 g/mol. The fourth-order valence-corrected chi connectivity index (χ4v) is 3.42. The Morgan fingerprint density at radius 2 is 1.55 bits per heavy atom. The molecule has 0 saturated carbocycles. The Labute approximate surface area is 175 Å². The van der Waals surface area contributed by atoms with Gasteiger partial charge in [-0.1, -0.05) is 12.1 Å². The van der Waals surface area contributed by atoms with Crippen molar-refractivity contribution >= 4 is 5.97 Å². The summed E-state index contributed by atoms with van der Waals surface area (Å²) in [5, 5.41) is 58.4. The number of esters is 1. The summed E-state index contributed by atoms with van der Waals surface area (Å²) < 4.78 is 11.5.